The largest absolute Gasteiger partial charge is 0.299 e. The quantitative estimate of drug-likeness (QED) is 0.702. The van der Waals surface area contributed by atoms with Crippen molar-refractivity contribution in [2.45, 2.75) is 51.9 Å². The van der Waals surface area contributed by atoms with E-state index < -0.39 is 0 Å². The van der Waals surface area contributed by atoms with Gasteiger partial charge in [-0.15, -0.1) is 0 Å². The minimum absolute atomic E-state index is 0.113. The molecule has 1 heteroatoms. The number of fused-ring (bicyclic) bond motifs is 1. The molecule has 1 nitrogen and oxygen atoms in total. The van der Waals surface area contributed by atoms with Crippen molar-refractivity contribution in [2.75, 3.05) is 0 Å². The molecule has 0 spiro atoms. The van der Waals surface area contributed by atoms with Crippen molar-refractivity contribution in [1.29, 1.82) is 0 Å². The molecule has 1 aromatic rings. The Bertz CT molecular complexity index is 457. The molecule has 1 aromatic carbocycles. The van der Waals surface area contributed by atoms with Gasteiger partial charge in [-0.05, 0) is 43.7 Å². The molecule has 16 heavy (non-hydrogen) atoms. The Kier molecular flexibility index (Phi) is 2.27. The number of aryl methyl sites for hydroxylation is 1. The van der Waals surface area contributed by atoms with Gasteiger partial charge in [0.05, 0.1) is 5.41 Å². The standard InChI is InChI=1S/C15H20O/c1-10-6-7-12-13(8-10)14(3,4)9-15(12,5)11(2)16/h6-8H,9H2,1-5H3. The van der Waals surface area contributed by atoms with Gasteiger partial charge in [0.25, 0.3) is 0 Å². The monoisotopic (exact) mass is 216 g/mol. The fourth-order valence-corrected chi connectivity index (χ4v) is 3.09. The van der Waals surface area contributed by atoms with Gasteiger partial charge >= 0.3 is 0 Å². The molecule has 1 unspecified atom stereocenters. The van der Waals surface area contributed by atoms with Crippen molar-refractivity contribution < 1.29 is 4.79 Å². The first-order valence-corrected chi connectivity index (χ1v) is 5.90. The highest BCUT2D eigenvalue weighted by Gasteiger charge is 2.47. The van der Waals surface area contributed by atoms with E-state index in [1.807, 2.05) is 0 Å². The first-order chi connectivity index (χ1) is 7.27. The third-order valence-corrected chi connectivity index (χ3v) is 4.07. The summed E-state index contributed by atoms with van der Waals surface area (Å²) in [4.78, 5) is 11.9. The lowest BCUT2D eigenvalue weighted by Gasteiger charge is -2.24. The average Bonchev–Trinajstić information content (AvgIpc) is 2.35. The zero-order chi connectivity index (χ0) is 12.1. The SMILES string of the molecule is CC(=O)C1(C)CC(C)(C)c2cc(C)ccc21. The van der Waals surface area contributed by atoms with Crippen LogP contribution in [0.15, 0.2) is 18.2 Å². The average molecular weight is 216 g/mol. The van der Waals surface area contributed by atoms with Gasteiger partial charge in [0, 0.05) is 0 Å². The number of ketones is 1. The molecule has 0 aliphatic heterocycles. The number of carbonyl (C=O) groups excluding carboxylic acids is 1. The van der Waals surface area contributed by atoms with E-state index in [0.29, 0.717) is 0 Å². The van der Waals surface area contributed by atoms with Crippen LogP contribution < -0.4 is 0 Å². The summed E-state index contributed by atoms with van der Waals surface area (Å²) in [5.41, 5.74) is 3.69. The number of rotatable bonds is 1. The molecule has 1 atom stereocenters. The molecule has 2 rings (SSSR count). The third-order valence-electron chi connectivity index (χ3n) is 4.07. The maximum absolute atomic E-state index is 11.9. The lowest BCUT2D eigenvalue weighted by Crippen LogP contribution is -2.29. The Morgan fingerprint density at radius 1 is 1.19 bits per heavy atom. The second-order valence-corrected chi connectivity index (χ2v) is 6.00. The van der Waals surface area contributed by atoms with Gasteiger partial charge in [0.15, 0.2) is 0 Å². The number of Topliss-reactive ketones (excluding diaryl/α,β-unsaturated/α-hetero) is 1. The lowest BCUT2D eigenvalue weighted by atomic mass is 9.77. The highest BCUT2D eigenvalue weighted by atomic mass is 16.1. The molecule has 0 saturated heterocycles. The van der Waals surface area contributed by atoms with Crippen LogP contribution in [-0.4, -0.2) is 5.78 Å². The summed E-state index contributed by atoms with van der Waals surface area (Å²) in [6, 6.07) is 6.49. The van der Waals surface area contributed by atoms with Gasteiger partial charge in [-0.1, -0.05) is 37.6 Å². The third kappa shape index (κ3) is 1.41. The summed E-state index contributed by atoms with van der Waals surface area (Å²) < 4.78 is 0. The predicted octanol–water partition coefficient (Wildman–Crippen LogP) is 3.52. The molecular weight excluding hydrogens is 196 g/mol. The van der Waals surface area contributed by atoms with Gasteiger partial charge in [-0.3, -0.25) is 4.79 Å². The molecule has 0 aromatic heterocycles. The molecule has 0 saturated carbocycles. The van der Waals surface area contributed by atoms with Crippen LogP contribution in [0.25, 0.3) is 0 Å². The molecule has 0 radical (unpaired) electrons. The van der Waals surface area contributed by atoms with Crippen molar-refractivity contribution in [2.24, 2.45) is 0 Å². The van der Waals surface area contributed by atoms with Crippen LogP contribution in [0.2, 0.25) is 0 Å². The fraction of sp³-hybridized carbons (Fsp3) is 0.533. The topological polar surface area (TPSA) is 17.1 Å². The molecule has 0 bridgehead atoms. The van der Waals surface area contributed by atoms with E-state index in [1.165, 1.54) is 16.7 Å². The summed E-state index contributed by atoms with van der Waals surface area (Å²) in [6.07, 6.45) is 0.925. The van der Waals surface area contributed by atoms with Crippen LogP contribution in [0, 0.1) is 6.92 Å². The summed E-state index contributed by atoms with van der Waals surface area (Å²) >= 11 is 0. The van der Waals surface area contributed by atoms with E-state index in [2.05, 4.69) is 45.9 Å². The van der Waals surface area contributed by atoms with Gasteiger partial charge in [0.1, 0.15) is 5.78 Å². The molecule has 1 aliphatic carbocycles. The molecular formula is C15H20O. The molecule has 0 N–H and O–H groups in total. The van der Waals surface area contributed by atoms with Gasteiger partial charge in [0.2, 0.25) is 0 Å². The Morgan fingerprint density at radius 3 is 2.38 bits per heavy atom. The van der Waals surface area contributed by atoms with E-state index >= 15 is 0 Å². The summed E-state index contributed by atoms with van der Waals surface area (Å²) in [5, 5.41) is 0. The summed E-state index contributed by atoms with van der Waals surface area (Å²) in [7, 11) is 0. The molecule has 0 amide bonds. The van der Waals surface area contributed by atoms with Gasteiger partial charge < -0.3 is 0 Å². The molecule has 0 fully saturated rings. The maximum atomic E-state index is 11.9. The van der Waals surface area contributed by atoms with Crippen LogP contribution in [0.4, 0.5) is 0 Å². The van der Waals surface area contributed by atoms with Crippen LogP contribution >= 0.6 is 0 Å². The highest BCUT2D eigenvalue weighted by Crippen LogP contribution is 2.50. The molecule has 0 heterocycles. The van der Waals surface area contributed by atoms with Crippen molar-refractivity contribution >= 4 is 5.78 Å². The first-order valence-electron chi connectivity index (χ1n) is 5.90. The Morgan fingerprint density at radius 2 is 1.81 bits per heavy atom. The smallest absolute Gasteiger partial charge is 0.140 e. The van der Waals surface area contributed by atoms with Crippen LogP contribution in [0.5, 0.6) is 0 Å². The Hall–Kier alpha value is -1.11. The maximum Gasteiger partial charge on any atom is 0.140 e. The van der Waals surface area contributed by atoms with E-state index in [0.717, 1.165) is 6.42 Å². The number of hydrogen-bond donors (Lipinski definition) is 0. The molecule has 1 aliphatic rings. The normalized spacial score (nSPS) is 26.6. The minimum atomic E-state index is -0.285. The van der Waals surface area contributed by atoms with Crippen molar-refractivity contribution in [1.82, 2.24) is 0 Å². The number of benzene rings is 1. The summed E-state index contributed by atoms with van der Waals surface area (Å²) in [5.74, 6) is 0.281. The second kappa shape index (κ2) is 3.19. The Labute approximate surface area is 97.9 Å². The predicted molar refractivity (Wildman–Crippen MR) is 66.9 cm³/mol. The zero-order valence-electron chi connectivity index (χ0n) is 10.8. The van der Waals surface area contributed by atoms with E-state index in [1.54, 1.807) is 6.92 Å². The van der Waals surface area contributed by atoms with Crippen LogP contribution in [0.1, 0.15) is 50.8 Å². The number of hydrogen-bond acceptors (Lipinski definition) is 1. The van der Waals surface area contributed by atoms with Gasteiger partial charge in [-0.2, -0.15) is 0 Å². The van der Waals surface area contributed by atoms with E-state index in [-0.39, 0.29) is 16.6 Å². The Balaban J connectivity index is 2.69. The van der Waals surface area contributed by atoms with Crippen LogP contribution in [0.3, 0.4) is 0 Å². The van der Waals surface area contributed by atoms with Crippen molar-refractivity contribution in [3.8, 4) is 0 Å². The van der Waals surface area contributed by atoms with E-state index in [4.69, 9.17) is 0 Å². The first kappa shape index (κ1) is 11.4. The van der Waals surface area contributed by atoms with Crippen molar-refractivity contribution in [3.05, 3.63) is 34.9 Å². The van der Waals surface area contributed by atoms with Crippen molar-refractivity contribution in [3.63, 3.8) is 0 Å². The van der Waals surface area contributed by atoms with E-state index in [9.17, 15) is 4.79 Å². The summed E-state index contributed by atoms with van der Waals surface area (Å²) in [6.45, 7) is 10.4. The molecule has 86 valence electrons. The minimum Gasteiger partial charge on any atom is -0.299 e. The zero-order valence-corrected chi connectivity index (χ0v) is 10.8. The fourth-order valence-electron chi connectivity index (χ4n) is 3.09. The second-order valence-electron chi connectivity index (χ2n) is 6.00. The van der Waals surface area contributed by atoms with Gasteiger partial charge in [-0.25, -0.2) is 0 Å². The number of carbonyl (C=O) groups is 1. The highest BCUT2D eigenvalue weighted by molar-refractivity contribution is 5.89. The lowest BCUT2D eigenvalue weighted by molar-refractivity contribution is -0.122. The van der Waals surface area contributed by atoms with Crippen LogP contribution in [-0.2, 0) is 15.6 Å².